The highest BCUT2D eigenvalue weighted by Crippen LogP contribution is 2.29. The Morgan fingerprint density at radius 2 is 2.19 bits per heavy atom. The van der Waals surface area contributed by atoms with Gasteiger partial charge >= 0.3 is 0 Å². The first-order chi connectivity index (χ1) is 9.87. The molecule has 2 aromatic heterocycles. The minimum Gasteiger partial charge on any atom is -0.337 e. The quantitative estimate of drug-likeness (QED) is 0.869. The summed E-state index contributed by atoms with van der Waals surface area (Å²) in [5.74, 6) is 0.712. The summed E-state index contributed by atoms with van der Waals surface area (Å²) in [6.45, 7) is 2.63. The first-order valence-electron chi connectivity index (χ1n) is 6.52. The van der Waals surface area contributed by atoms with Crippen LogP contribution in [-0.2, 0) is 30.2 Å². The first-order valence-corrected chi connectivity index (χ1v) is 8.84. The van der Waals surface area contributed by atoms with Gasteiger partial charge < -0.3 is 9.88 Å². The maximum Gasteiger partial charge on any atom is 0.244 e. The Morgan fingerprint density at radius 1 is 1.48 bits per heavy atom. The minimum atomic E-state index is -3.52. The third-order valence-corrected chi connectivity index (χ3v) is 6.55. The number of thiophene rings is 1. The maximum absolute atomic E-state index is 12.8. The average molecular weight is 328 g/mol. The van der Waals surface area contributed by atoms with Crippen LogP contribution in [0.15, 0.2) is 22.7 Å². The van der Waals surface area contributed by atoms with Crippen molar-refractivity contribution < 1.29 is 8.42 Å². The van der Waals surface area contributed by atoms with Crippen molar-refractivity contribution in [3.63, 3.8) is 0 Å². The molecule has 6 nitrogen and oxygen atoms in total. The lowest BCUT2D eigenvalue weighted by Gasteiger charge is -2.18. The van der Waals surface area contributed by atoms with E-state index in [0.29, 0.717) is 17.3 Å². The van der Waals surface area contributed by atoms with E-state index in [-0.39, 0.29) is 6.54 Å². The molecule has 8 heteroatoms. The van der Waals surface area contributed by atoms with E-state index in [9.17, 15) is 8.42 Å². The lowest BCUT2D eigenvalue weighted by molar-refractivity contribution is 0.450. The van der Waals surface area contributed by atoms with Crippen molar-refractivity contribution in [2.75, 3.05) is 14.1 Å². The fourth-order valence-electron chi connectivity index (χ4n) is 2.11. The summed E-state index contributed by atoms with van der Waals surface area (Å²) in [5, 5.41) is 4.90. The fraction of sp³-hybridized carbons (Fsp3) is 0.462. The fourth-order valence-corrected chi connectivity index (χ4v) is 5.00. The highest BCUT2D eigenvalue weighted by Gasteiger charge is 2.27. The molecule has 0 saturated heterocycles. The maximum atomic E-state index is 12.8. The Morgan fingerprint density at radius 3 is 2.76 bits per heavy atom. The number of nitrogens with zero attached hydrogens (tertiary/aromatic N) is 3. The summed E-state index contributed by atoms with van der Waals surface area (Å²) >= 11 is 1.47. The van der Waals surface area contributed by atoms with Gasteiger partial charge in [-0.3, -0.25) is 0 Å². The van der Waals surface area contributed by atoms with Crippen LogP contribution in [0.25, 0.3) is 0 Å². The second kappa shape index (κ2) is 6.27. The second-order valence-corrected chi connectivity index (χ2v) is 7.86. The van der Waals surface area contributed by atoms with Gasteiger partial charge in [0.05, 0.1) is 6.54 Å². The molecule has 0 aromatic carbocycles. The van der Waals surface area contributed by atoms with Gasteiger partial charge in [0.15, 0.2) is 0 Å². The normalized spacial score (nSPS) is 12.2. The number of imidazole rings is 1. The van der Waals surface area contributed by atoms with Crippen molar-refractivity contribution in [3.05, 3.63) is 34.0 Å². The molecule has 2 rings (SSSR count). The van der Waals surface area contributed by atoms with Crippen LogP contribution in [0.2, 0.25) is 0 Å². The molecule has 2 aromatic rings. The second-order valence-electron chi connectivity index (χ2n) is 4.92. The lowest BCUT2D eigenvalue weighted by atomic mass is 10.3. The van der Waals surface area contributed by atoms with Crippen LogP contribution in [0, 0.1) is 6.92 Å². The number of sulfonamides is 1. The monoisotopic (exact) mass is 328 g/mol. The summed E-state index contributed by atoms with van der Waals surface area (Å²) in [6.07, 6.45) is 3.47. The van der Waals surface area contributed by atoms with Gasteiger partial charge in [-0.1, -0.05) is 0 Å². The van der Waals surface area contributed by atoms with Gasteiger partial charge in [-0.25, -0.2) is 13.4 Å². The summed E-state index contributed by atoms with van der Waals surface area (Å²) in [7, 11) is 1.73. The molecule has 0 radical (unpaired) electrons. The molecular weight excluding hydrogens is 308 g/mol. The Balaban J connectivity index is 2.33. The van der Waals surface area contributed by atoms with E-state index in [4.69, 9.17) is 0 Å². The zero-order chi connectivity index (χ0) is 15.6. The van der Waals surface area contributed by atoms with Crippen LogP contribution in [0.4, 0.5) is 0 Å². The predicted molar refractivity (Wildman–Crippen MR) is 83.7 cm³/mol. The molecule has 2 heterocycles. The Hall–Kier alpha value is -1.22. The minimum absolute atomic E-state index is 0.250. The van der Waals surface area contributed by atoms with Crippen molar-refractivity contribution in [2.24, 2.45) is 7.05 Å². The molecule has 0 aliphatic rings. The van der Waals surface area contributed by atoms with E-state index in [1.165, 1.54) is 15.6 Å². The molecule has 116 valence electrons. The lowest BCUT2D eigenvalue weighted by Crippen LogP contribution is -2.29. The molecule has 0 amide bonds. The van der Waals surface area contributed by atoms with Gasteiger partial charge in [0.25, 0.3) is 0 Å². The van der Waals surface area contributed by atoms with E-state index in [1.807, 2.05) is 31.0 Å². The van der Waals surface area contributed by atoms with E-state index in [1.54, 1.807) is 19.4 Å². The van der Waals surface area contributed by atoms with Crippen molar-refractivity contribution in [1.82, 2.24) is 19.2 Å². The van der Waals surface area contributed by atoms with Gasteiger partial charge in [-0.05, 0) is 24.9 Å². The van der Waals surface area contributed by atoms with Crippen LogP contribution in [0.3, 0.4) is 0 Å². The number of nitrogens with one attached hydrogen (secondary N) is 1. The molecule has 0 fully saturated rings. The summed E-state index contributed by atoms with van der Waals surface area (Å²) < 4.78 is 28.8. The van der Waals surface area contributed by atoms with Crippen LogP contribution < -0.4 is 5.32 Å². The Bertz CT molecular complexity index is 718. The van der Waals surface area contributed by atoms with Gasteiger partial charge in [0, 0.05) is 37.9 Å². The molecule has 0 aliphatic carbocycles. The largest absolute Gasteiger partial charge is 0.337 e. The number of hydrogen-bond acceptors (Lipinski definition) is 5. The zero-order valence-corrected chi connectivity index (χ0v) is 14.3. The summed E-state index contributed by atoms with van der Waals surface area (Å²) in [4.78, 5) is 5.43. The van der Waals surface area contributed by atoms with E-state index in [2.05, 4.69) is 10.3 Å². The third kappa shape index (κ3) is 3.18. The summed E-state index contributed by atoms with van der Waals surface area (Å²) in [5.41, 5.74) is 0.789. The number of aromatic nitrogens is 2. The number of hydrogen-bond donors (Lipinski definition) is 1. The average Bonchev–Trinajstić information content (AvgIpc) is 2.97. The Labute approximate surface area is 129 Å². The highest BCUT2D eigenvalue weighted by atomic mass is 32.2. The van der Waals surface area contributed by atoms with Crippen LogP contribution >= 0.6 is 11.3 Å². The van der Waals surface area contributed by atoms with Crippen molar-refractivity contribution in [1.29, 1.82) is 0 Å². The number of rotatable bonds is 6. The first kappa shape index (κ1) is 16.2. The molecule has 1 N–H and O–H groups in total. The molecule has 0 aliphatic heterocycles. The van der Waals surface area contributed by atoms with Gasteiger partial charge in [-0.2, -0.15) is 4.31 Å². The standard InChI is InChI=1S/C13H20N4O2S2/c1-10-9-20-11(7-14-2)13(10)21(18,19)17(4)8-12-15-5-6-16(12)3/h5-6,9,14H,7-8H2,1-4H3. The predicted octanol–water partition coefficient (Wildman–Crippen LogP) is 1.33. The molecule has 0 bridgehead atoms. The highest BCUT2D eigenvalue weighted by molar-refractivity contribution is 7.89. The smallest absolute Gasteiger partial charge is 0.244 e. The van der Waals surface area contributed by atoms with Gasteiger partial charge in [0.2, 0.25) is 10.0 Å². The molecule has 0 spiro atoms. The van der Waals surface area contributed by atoms with E-state index in [0.717, 1.165) is 10.4 Å². The van der Waals surface area contributed by atoms with E-state index < -0.39 is 10.0 Å². The number of aryl methyl sites for hydroxylation is 2. The van der Waals surface area contributed by atoms with Crippen LogP contribution in [0.5, 0.6) is 0 Å². The van der Waals surface area contributed by atoms with Gasteiger partial charge in [-0.15, -0.1) is 11.3 Å². The molecular formula is C13H20N4O2S2. The molecule has 0 atom stereocenters. The third-order valence-electron chi connectivity index (χ3n) is 3.28. The van der Waals surface area contributed by atoms with Crippen molar-refractivity contribution in [2.45, 2.75) is 24.9 Å². The topological polar surface area (TPSA) is 67.2 Å². The van der Waals surface area contributed by atoms with Crippen molar-refractivity contribution in [3.8, 4) is 0 Å². The van der Waals surface area contributed by atoms with Crippen molar-refractivity contribution >= 4 is 21.4 Å². The summed E-state index contributed by atoms with van der Waals surface area (Å²) in [6, 6.07) is 0. The van der Waals surface area contributed by atoms with E-state index >= 15 is 0 Å². The Kier molecular flexibility index (Phi) is 4.82. The zero-order valence-electron chi connectivity index (χ0n) is 12.6. The molecule has 0 unspecified atom stereocenters. The molecule has 0 saturated carbocycles. The van der Waals surface area contributed by atoms with Crippen LogP contribution in [-0.4, -0.2) is 36.4 Å². The van der Waals surface area contributed by atoms with Crippen LogP contribution in [0.1, 0.15) is 16.3 Å². The van der Waals surface area contributed by atoms with Gasteiger partial charge in [0.1, 0.15) is 10.7 Å². The SMILES string of the molecule is CNCc1scc(C)c1S(=O)(=O)N(C)Cc1nccn1C. The molecule has 21 heavy (non-hydrogen) atoms.